The van der Waals surface area contributed by atoms with E-state index < -0.39 is 0 Å². The van der Waals surface area contributed by atoms with Crippen LogP contribution < -0.4 is 39.6 Å². The second-order valence-corrected chi connectivity index (χ2v) is 3.41. The van der Waals surface area contributed by atoms with Crippen molar-refractivity contribution in [2.45, 2.75) is 0 Å². The summed E-state index contributed by atoms with van der Waals surface area (Å²) in [5.74, 6) is 1.08. The largest absolute Gasteiger partial charge is 1.00 e. The average Bonchev–Trinajstić information content (AvgIpc) is 2.48. The minimum atomic E-state index is -0.181. The summed E-state index contributed by atoms with van der Waals surface area (Å²) in [4.78, 5) is 11.2. The van der Waals surface area contributed by atoms with Crippen LogP contribution in [-0.4, -0.2) is 28.9 Å². The molecule has 0 unspecified atom stereocenters. The average molecular weight is 318 g/mol. The van der Waals surface area contributed by atoms with Crippen molar-refractivity contribution < 1.29 is 64.6 Å². The Balaban J connectivity index is 0. The summed E-state index contributed by atoms with van der Waals surface area (Å²) in [5, 5.41) is 34.6. The van der Waals surface area contributed by atoms with E-state index in [1.54, 1.807) is 37.4 Å². The molecular weight excluding hydrogens is 303 g/mol. The van der Waals surface area contributed by atoms with E-state index in [2.05, 4.69) is 4.89 Å². The maximum absolute atomic E-state index is 8.86. The van der Waals surface area contributed by atoms with Gasteiger partial charge in [-0.2, -0.15) is 0 Å². The molecule has 0 heterocycles. The van der Waals surface area contributed by atoms with Gasteiger partial charge in [-0.15, -0.1) is 0 Å². The summed E-state index contributed by atoms with van der Waals surface area (Å²) < 4.78 is 4.84. The van der Waals surface area contributed by atoms with Crippen molar-refractivity contribution in [2.75, 3.05) is 7.11 Å². The van der Waals surface area contributed by atoms with Crippen LogP contribution in [0, 0.1) is 0 Å². The monoisotopic (exact) mass is 318 g/mol. The van der Waals surface area contributed by atoms with E-state index in [0.29, 0.717) is 5.75 Å². The molecule has 0 atom stereocenters. The molecule has 2 rings (SSSR count). The zero-order valence-electron chi connectivity index (χ0n) is 12.2. The zero-order chi connectivity index (χ0) is 16.1. The molecule has 0 bridgehead atoms. The second kappa shape index (κ2) is 14.0. The third-order valence-electron chi connectivity index (χ3n) is 1.92. The minimum Gasteiger partial charge on any atom is -0.662 e. The van der Waals surface area contributed by atoms with Crippen LogP contribution in [0.15, 0.2) is 48.5 Å². The maximum Gasteiger partial charge on any atom is 1.00 e. The van der Waals surface area contributed by atoms with Crippen LogP contribution in [0.1, 0.15) is 0 Å². The maximum atomic E-state index is 8.86. The van der Waals surface area contributed by atoms with E-state index in [1.165, 1.54) is 18.2 Å². The Morgan fingerprint density at radius 2 is 1.36 bits per heavy atom. The quantitative estimate of drug-likeness (QED) is 0.252. The van der Waals surface area contributed by atoms with Crippen LogP contribution in [0.5, 0.6) is 23.0 Å². The Labute approximate surface area is 149 Å². The van der Waals surface area contributed by atoms with Crippen molar-refractivity contribution in [3.8, 4) is 23.0 Å². The van der Waals surface area contributed by atoms with Crippen molar-refractivity contribution >= 4 is 6.47 Å². The predicted molar refractivity (Wildman–Crippen MR) is 71.6 cm³/mol. The van der Waals surface area contributed by atoms with Crippen molar-refractivity contribution in [2.24, 2.45) is 0 Å². The second-order valence-electron chi connectivity index (χ2n) is 3.41. The topological polar surface area (TPSA) is 119 Å². The van der Waals surface area contributed by atoms with Crippen LogP contribution in [0.4, 0.5) is 0 Å². The molecule has 0 aliphatic rings. The van der Waals surface area contributed by atoms with Crippen LogP contribution in [0.2, 0.25) is 0 Å². The van der Waals surface area contributed by atoms with Crippen LogP contribution in [-0.2, 0) is 9.68 Å². The number of phenolic OH excluding ortho intramolecular Hbond substituents is 3. The molecule has 0 fully saturated rings. The molecule has 2 aromatic rings. The van der Waals surface area contributed by atoms with Gasteiger partial charge >= 0.3 is 29.6 Å². The molecule has 2 aromatic carbocycles. The Morgan fingerprint density at radius 1 is 0.955 bits per heavy atom. The van der Waals surface area contributed by atoms with Gasteiger partial charge in [-0.25, -0.2) is 0 Å². The summed E-state index contributed by atoms with van der Waals surface area (Å²) in [5.41, 5.74) is 0. The molecule has 0 amide bonds. The molecule has 3 N–H and O–H groups in total. The van der Waals surface area contributed by atoms with Crippen LogP contribution in [0.25, 0.3) is 0 Å². The minimum absolute atomic E-state index is 0. The van der Waals surface area contributed by atoms with Crippen LogP contribution >= 0.6 is 0 Å². The first-order valence-electron chi connectivity index (χ1n) is 5.56. The number of methoxy groups -OCH3 is 1. The van der Waals surface area contributed by atoms with Gasteiger partial charge in [-0.3, -0.25) is 4.79 Å². The van der Waals surface area contributed by atoms with Gasteiger partial charge in [0.05, 0.1) is 7.11 Å². The Morgan fingerprint density at radius 3 is 1.59 bits per heavy atom. The summed E-state index contributed by atoms with van der Waals surface area (Å²) in [6.45, 7) is -0.181. The van der Waals surface area contributed by atoms with Gasteiger partial charge in [0, 0.05) is 12.1 Å². The molecule has 114 valence electrons. The molecule has 0 aromatic heterocycles. The number of ether oxygens (including phenoxy) is 1. The predicted octanol–water partition coefficient (Wildman–Crippen LogP) is -2.06. The molecule has 0 radical (unpaired) electrons. The molecule has 0 aliphatic carbocycles. The fourth-order valence-corrected chi connectivity index (χ4v) is 1.10. The van der Waals surface area contributed by atoms with Gasteiger partial charge < -0.3 is 30.2 Å². The SMILES string of the molecule is COc1cccc(O)c1.O=CO[O-].Oc1cccc(O)c1.[Na+]. The van der Waals surface area contributed by atoms with Crippen molar-refractivity contribution in [1.82, 2.24) is 0 Å². The van der Waals surface area contributed by atoms with E-state index >= 15 is 0 Å². The van der Waals surface area contributed by atoms with E-state index in [4.69, 9.17) is 30.1 Å². The Hall–Kier alpha value is -1.93. The van der Waals surface area contributed by atoms with Gasteiger partial charge in [0.2, 0.25) is 0 Å². The van der Waals surface area contributed by atoms with E-state index in [9.17, 15) is 0 Å². The van der Waals surface area contributed by atoms with Gasteiger partial charge in [-0.05, 0) is 24.3 Å². The zero-order valence-corrected chi connectivity index (χ0v) is 14.2. The molecule has 0 saturated heterocycles. The number of aromatic hydroxyl groups is 3. The third kappa shape index (κ3) is 11.9. The molecule has 0 saturated carbocycles. The van der Waals surface area contributed by atoms with Crippen molar-refractivity contribution in [3.05, 3.63) is 48.5 Å². The number of hydrogen-bond acceptors (Lipinski definition) is 7. The van der Waals surface area contributed by atoms with E-state index in [0.717, 1.165) is 0 Å². The summed E-state index contributed by atoms with van der Waals surface area (Å²) >= 11 is 0. The van der Waals surface area contributed by atoms with Crippen LogP contribution in [0.3, 0.4) is 0 Å². The van der Waals surface area contributed by atoms with Gasteiger partial charge in [0.1, 0.15) is 23.0 Å². The Kier molecular flexibility index (Phi) is 14.3. The van der Waals surface area contributed by atoms with Crippen molar-refractivity contribution in [1.29, 1.82) is 0 Å². The first-order valence-corrected chi connectivity index (χ1v) is 5.56. The summed E-state index contributed by atoms with van der Waals surface area (Å²) in [6, 6.07) is 12.5. The number of carbonyl (C=O) groups is 1. The normalized spacial score (nSPS) is 7.91. The summed E-state index contributed by atoms with van der Waals surface area (Å²) in [6.07, 6.45) is 0. The molecular formula is C14H15NaO7. The van der Waals surface area contributed by atoms with E-state index in [1.807, 2.05) is 0 Å². The van der Waals surface area contributed by atoms with E-state index in [-0.39, 0.29) is 53.3 Å². The van der Waals surface area contributed by atoms with Crippen molar-refractivity contribution in [3.63, 3.8) is 0 Å². The standard InChI is InChI=1S/C7H8O2.C6H6O2.CH2O3.Na/c1-9-7-4-2-3-6(8)5-7;7-5-2-1-3-6(8)4-5;2-1-4-3;/h2-5,8H,1H3;1-4,7-8H;1,3H;/q;;;+1/p-1. The Bertz CT molecular complexity index is 517. The number of rotatable bonds is 2. The van der Waals surface area contributed by atoms with Gasteiger partial charge in [0.25, 0.3) is 6.47 Å². The molecule has 22 heavy (non-hydrogen) atoms. The number of benzene rings is 2. The fourth-order valence-electron chi connectivity index (χ4n) is 1.10. The number of phenols is 3. The number of carbonyl (C=O) groups excluding carboxylic acids is 1. The van der Waals surface area contributed by atoms with Gasteiger partial charge in [0.15, 0.2) is 0 Å². The third-order valence-corrected chi connectivity index (χ3v) is 1.92. The molecule has 7 nitrogen and oxygen atoms in total. The first-order chi connectivity index (χ1) is 10.0. The number of hydrogen-bond donors (Lipinski definition) is 3. The molecule has 0 aliphatic heterocycles. The smallest absolute Gasteiger partial charge is 0.662 e. The van der Waals surface area contributed by atoms with Gasteiger partial charge in [-0.1, -0.05) is 12.1 Å². The molecule has 8 heteroatoms. The fraction of sp³-hybridized carbons (Fsp3) is 0.0714. The summed E-state index contributed by atoms with van der Waals surface area (Å²) in [7, 11) is 1.56. The molecule has 0 spiro atoms. The first kappa shape index (κ1) is 22.4.